The Kier molecular flexibility index (Phi) is 13.3. The molecule has 0 saturated carbocycles. The van der Waals surface area contributed by atoms with Gasteiger partial charge in [0.15, 0.2) is 11.5 Å². The summed E-state index contributed by atoms with van der Waals surface area (Å²) in [6.45, 7) is 3.90. The first-order valence-electron chi connectivity index (χ1n) is 19.3. The highest BCUT2D eigenvalue weighted by molar-refractivity contribution is 7.99. The van der Waals surface area contributed by atoms with E-state index in [1.807, 2.05) is 4.90 Å². The van der Waals surface area contributed by atoms with E-state index in [1.165, 1.54) is 25.1 Å². The summed E-state index contributed by atoms with van der Waals surface area (Å²) in [5, 5.41) is 16.7. The predicted molar refractivity (Wildman–Crippen MR) is 226 cm³/mol. The van der Waals surface area contributed by atoms with E-state index in [2.05, 4.69) is 26.6 Å². The number of aromatic nitrogens is 1. The largest absolute Gasteiger partial charge is 0.495 e. The van der Waals surface area contributed by atoms with Crippen LogP contribution in [0.3, 0.4) is 0 Å². The van der Waals surface area contributed by atoms with Crippen molar-refractivity contribution in [1.82, 2.24) is 25.0 Å². The molecule has 0 radical (unpaired) electrons. The molecule has 4 aromatic rings. The number of anilines is 2. The average Bonchev–Trinajstić information content (AvgIpc) is 3.50. The van der Waals surface area contributed by atoms with Gasteiger partial charge in [-0.3, -0.25) is 44.1 Å². The predicted octanol–water partition coefficient (Wildman–Crippen LogP) is 6.06. The Balaban J connectivity index is 0.863. The summed E-state index contributed by atoms with van der Waals surface area (Å²) >= 11 is 14.1. The number of carbonyl (C=O) groups excluding carboxylic acids is 5. The Hall–Kier alpha value is -5.60. The number of nitriles is 1. The first-order valence-corrected chi connectivity index (χ1v) is 21.1. The van der Waals surface area contributed by atoms with Gasteiger partial charge in [-0.05, 0) is 49.3 Å². The van der Waals surface area contributed by atoms with Crippen molar-refractivity contribution in [2.24, 2.45) is 0 Å². The number of thioether (sulfide) groups is 1. The number of benzene rings is 3. The number of halogens is 2. The lowest BCUT2D eigenvalue weighted by atomic mass is 10.0. The fourth-order valence-electron chi connectivity index (χ4n) is 7.47. The van der Waals surface area contributed by atoms with Gasteiger partial charge in [0.2, 0.25) is 17.7 Å². The lowest BCUT2D eigenvalue weighted by Crippen LogP contribution is -2.54. The third kappa shape index (κ3) is 8.95. The van der Waals surface area contributed by atoms with Gasteiger partial charge in [-0.2, -0.15) is 5.26 Å². The SMILES string of the molecule is COc1cc(Nc2c(C#N)cnc3cc(OCCCN4CCN(C(=O)CCCSc5cccc6c5C(=O)N(C5CCC(=O)NC5=O)C6=O)CC4)c(OC)cc23)c(Cl)cc1Cl. The number of imide groups is 2. The molecule has 0 aliphatic carbocycles. The molecule has 0 bridgehead atoms. The first kappa shape index (κ1) is 42.5. The van der Waals surface area contributed by atoms with Gasteiger partial charge in [-0.15, -0.1) is 11.8 Å². The molecular weight excluding hydrogens is 833 g/mol. The van der Waals surface area contributed by atoms with Crippen LogP contribution < -0.4 is 24.8 Å². The molecule has 0 spiro atoms. The van der Waals surface area contributed by atoms with Gasteiger partial charge in [-0.25, -0.2) is 0 Å². The summed E-state index contributed by atoms with van der Waals surface area (Å²) in [6, 6.07) is 13.0. The van der Waals surface area contributed by atoms with Gasteiger partial charge in [0.25, 0.3) is 11.8 Å². The molecule has 1 atom stereocenters. The van der Waals surface area contributed by atoms with E-state index in [0.717, 1.165) is 31.0 Å². The molecule has 5 amide bonds. The zero-order valence-electron chi connectivity index (χ0n) is 32.8. The van der Waals surface area contributed by atoms with Gasteiger partial charge in [0.05, 0.1) is 64.5 Å². The number of methoxy groups -OCH3 is 2. The number of carbonyl (C=O) groups is 5. The van der Waals surface area contributed by atoms with E-state index in [1.54, 1.807) is 49.6 Å². The lowest BCUT2D eigenvalue weighted by molar-refractivity contribution is -0.136. The van der Waals surface area contributed by atoms with Crippen molar-refractivity contribution in [2.75, 3.05) is 64.6 Å². The van der Waals surface area contributed by atoms with Crippen LogP contribution in [0.5, 0.6) is 17.2 Å². The number of ether oxygens (including phenoxy) is 3. The third-order valence-electron chi connectivity index (χ3n) is 10.6. The van der Waals surface area contributed by atoms with Crippen LogP contribution in [-0.2, 0) is 14.4 Å². The number of piperazine rings is 1. The van der Waals surface area contributed by atoms with Crippen LogP contribution in [0.15, 0.2) is 53.6 Å². The number of hydrogen-bond acceptors (Lipinski definition) is 13. The molecule has 2 N–H and O–H groups in total. The summed E-state index contributed by atoms with van der Waals surface area (Å²) in [5.74, 6) is -0.112. The average molecular weight is 875 g/mol. The Morgan fingerprint density at radius 2 is 1.77 bits per heavy atom. The number of fused-ring (bicyclic) bond motifs is 2. The van der Waals surface area contributed by atoms with Crippen molar-refractivity contribution in [1.29, 1.82) is 5.26 Å². The van der Waals surface area contributed by atoms with Crippen molar-refractivity contribution in [3.8, 4) is 23.3 Å². The standard InChI is InChI=1S/C42H41Cl2N7O8S/c1-57-32-21-30(27(43)19-28(32)44)47-39-24(22-45)23-46-29-20-34(33(58-2)18-26(29)39)59-16-5-11-49-12-14-50(15-13-49)37(53)8-4-17-60-35-7-3-6-25-38(35)42(56)51(41(25)55)31-9-10-36(52)48-40(31)54/h3,6-7,18-21,23,31H,4-5,8-17H2,1-2H3,(H,46,47)(H,48,52,54). The molecule has 60 heavy (non-hydrogen) atoms. The van der Waals surface area contributed by atoms with Gasteiger partial charge >= 0.3 is 0 Å². The summed E-state index contributed by atoms with van der Waals surface area (Å²) in [6.07, 6.45) is 3.31. The van der Waals surface area contributed by atoms with Crippen LogP contribution >= 0.6 is 35.0 Å². The Morgan fingerprint density at radius 1 is 0.983 bits per heavy atom. The van der Waals surface area contributed by atoms with Crippen LogP contribution in [0.4, 0.5) is 11.4 Å². The van der Waals surface area contributed by atoms with Gasteiger partial charge < -0.3 is 24.4 Å². The van der Waals surface area contributed by atoms with Crippen molar-refractivity contribution >= 4 is 86.8 Å². The van der Waals surface area contributed by atoms with E-state index in [-0.39, 0.29) is 29.9 Å². The molecule has 1 aromatic heterocycles. The molecule has 4 heterocycles. The third-order valence-corrected chi connectivity index (χ3v) is 12.4. The number of hydrogen-bond donors (Lipinski definition) is 2. The van der Waals surface area contributed by atoms with Crippen molar-refractivity contribution in [2.45, 2.75) is 43.0 Å². The minimum Gasteiger partial charge on any atom is -0.495 e. The molecule has 1 unspecified atom stereocenters. The quantitative estimate of drug-likeness (QED) is 0.0800. The van der Waals surface area contributed by atoms with E-state index < -0.39 is 29.7 Å². The molecule has 3 aliphatic rings. The fraction of sp³-hybridized carbons (Fsp3) is 0.357. The highest BCUT2D eigenvalue weighted by Crippen LogP contribution is 2.41. The molecule has 18 heteroatoms. The van der Waals surface area contributed by atoms with Crippen LogP contribution in [0.25, 0.3) is 10.9 Å². The minimum absolute atomic E-state index is 0.0557. The molecule has 3 aromatic carbocycles. The maximum Gasteiger partial charge on any atom is 0.263 e. The molecule has 7 rings (SSSR count). The normalized spacial score (nSPS) is 16.8. The van der Waals surface area contributed by atoms with Crippen molar-refractivity contribution in [3.63, 3.8) is 0 Å². The second kappa shape index (κ2) is 18.8. The van der Waals surface area contributed by atoms with Gasteiger partial charge in [0.1, 0.15) is 17.9 Å². The van der Waals surface area contributed by atoms with E-state index in [4.69, 9.17) is 37.4 Å². The summed E-state index contributed by atoms with van der Waals surface area (Å²) in [7, 11) is 3.05. The highest BCUT2D eigenvalue weighted by Gasteiger charge is 2.45. The number of rotatable bonds is 15. The Bertz CT molecular complexity index is 2420. The zero-order valence-corrected chi connectivity index (χ0v) is 35.2. The van der Waals surface area contributed by atoms with E-state index >= 15 is 0 Å². The van der Waals surface area contributed by atoms with Crippen molar-refractivity contribution in [3.05, 3.63) is 75.4 Å². The van der Waals surface area contributed by atoms with Crippen LogP contribution in [0.1, 0.15) is 58.4 Å². The number of piperidine rings is 1. The summed E-state index contributed by atoms with van der Waals surface area (Å²) < 4.78 is 17.2. The molecule has 2 saturated heterocycles. The number of nitrogens with zero attached hydrogens (tertiary/aromatic N) is 5. The second-order valence-corrected chi connectivity index (χ2v) is 16.2. The maximum atomic E-state index is 13.4. The number of pyridine rings is 1. The topological polar surface area (TPSA) is 183 Å². The smallest absolute Gasteiger partial charge is 0.263 e. The Labute approximate surface area is 360 Å². The van der Waals surface area contributed by atoms with Gasteiger partial charge in [-0.1, -0.05) is 29.3 Å². The second-order valence-electron chi connectivity index (χ2n) is 14.3. The van der Waals surface area contributed by atoms with Crippen LogP contribution in [0.2, 0.25) is 10.0 Å². The highest BCUT2D eigenvalue weighted by atomic mass is 35.5. The first-order chi connectivity index (χ1) is 29.0. The monoisotopic (exact) mass is 873 g/mol. The maximum absolute atomic E-state index is 13.4. The number of amides is 5. The molecule has 15 nitrogen and oxygen atoms in total. The molecular formula is C42H41Cl2N7O8S. The summed E-state index contributed by atoms with van der Waals surface area (Å²) in [5.41, 5.74) is 2.37. The van der Waals surface area contributed by atoms with E-state index in [0.29, 0.717) is 98.3 Å². The molecule has 3 aliphatic heterocycles. The number of nitrogens with one attached hydrogen (secondary N) is 2. The summed E-state index contributed by atoms with van der Waals surface area (Å²) in [4.78, 5) is 73.9. The Morgan fingerprint density at radius 3 is 2.50 bits per heavy atom. The fourth-order valence-corrected chi connectivity index (χ4v) is 9.00. The molecule has 2 fully saturated rings. The lowest BCUT2D eigenvalue weighted by Gasteiger charge is -2.34. The van der Waals surface area contributed by atoms with Crippen LogP contribution in [0, 0.1) is 11.3 Å². The minimum atomic E-state index is -1.02. The van der Waals surface area contributed by atoms with Gasteiger partial charge in [0, 0.05) is 74.2 Å². The van der Waals surface area contributed by atoms with Crippen LogP contribution in [-0.4, -0.2) is 115 Å². The molecule has 312 valence electrons. The van der Waals surface area contributed by atoms with Crippen molar-refractivity contribution < 1.29 is 38.2 Å². The zero-order chi connectivity index (χ0) is 42.5. The van der Waals surface area contributed by atoms with E-state index in [9.17, 15) is 29.2 Å².